The van der Waals surface area contributed by atoms with Crippen LogP contribution in [0.3, 0.4) is 0 Å². The summed E-state index contributed by atoms with van der Waals surface area (Å²) >= 11 is 0. The van der Waals surface area contributed by atoms with Gasteiger partial charge in [-0.1, -0.05) is 36.4 Å². The second-order valence-corrected chi connectivity index (χ2v) is 9.38. The number of carbonyl (C=O) groups is 2. The molecule has 1 saturated carbocycles. The number of methoxy groups -OCH3 is 1. The number of halogens is 1. The Kier molecular flexibility index (Phi) is 5.75. The van der Waals surface area contributed by atoms with Crippen LogP contribution < -0.4 is 9.64 Å². The number of hydrogen-bond donors (Lipinski definition) is 0. The Morgan fingerprint density at radius 3 is 2.32 bits per heavy atom. The summed E-state index contributed by atoms with van der Waals surface area (Å²) in [6.07, 6.45) is 3.59. The van der Waals surface area contributed by atoms with E-state index in [2.05, 4.69) is 4.57 Å². The molecule has 0 bridgehead atoms. The van der Waals surface area contributed by atoms with Crippen LogP contribution in [0, 0.1) is 5.82 Å². The van der Waals surface area contributed by atoms with Gasteiger partial charge in [-0.05, 0) is 66.9 Å². The highest BCUT2D eigenvalue weighted by Crippen LogP contribution is 2.43. The number of ether oxygens (including phenoxy) is 1. The van der Waals surface area contributed by atoms with Crippen molar-refractivity contribution in [2.24, 2.45) is 0 Å². The third-order valence-corrected chi connectivity index (χ3v) is 7.08. The van der Waals surface area contributed by atoms with Crippen molar-refractivity contribution in [2.75, 3.05) is 18.6 Å². The first-order valence-corrected chi connectivity index (χ1v) is 12.3. The molecule has 1 aliphatic heterocycles. The zero-order valence-corrected chi connectivity index (χ0v) is 20.4. The van der Waals surface area contributed by atoms with Crippen LogP contribution in [0.25, 0.3) is 5.69 Å². The van der Waals surface area contributed by atoms with Crippen molar-refractivity contribution in [1.29, 1.82) is 0 Å². The highest BCUT2D eigenvalue weighted by molar-refractivity contribution is 6.03. The summed E-state index contributed by atoms with van der Waals surface area (Å²) in [6, 6.07) is 24.9. The quantitative estimate of drug-likeness (QED) is 0.362. The molecule has 37 heavy (non-hydrogen) atoms. The van der Waals surface area contributed by atoms with E-state index in [1.54, 1.807) is 24.1 Å². The van der Waals surface area contributed by atoms with E-state index in [1.165, 1.54) is 17.0 Å². The van der Waals surface area contributed by atoms with Gasteiger partial charge in [-0.15, -0.1) is 0 Å². The van der Waals surface area contributed by atoms with Gasteiger partial charge in [0.25, 0.3) is 5.91 Å². The van der Waals surface area contributed by atoms with Crippen molar-refractivity contribution >= 4 is 17.5 Å². The Morgan fingerprint density at radius 2 is 1.62 bits per heavy atom. The molecule has 186 valence electrons. The monoisotopic (exact) mass is 495 g/mol. The van der Waals surface area contributed by atoms with Crippen molar-refractivity contribution in [3.8, 4) is 11.4 Å². The largest absolute Gasteiger partial charge is 0.497 e. The molecule has 2 amide bonds. The van der Waals surface area contributed by atoms with Crippen LogP contribution >= 0.6 is 0 Å². The molecule has 4 aromatic rings. The fraction of sp³-hybridized carbons (Fsp3) is 0.200. The minimum atomic E-state index is -0.581. The highest BCUT2D eigenvalue weighted by Gasteiger charge is 2.40. The number of rotatable bonds is 6. The third-order valence-electron chi connectivity index (χ3n) is 7.08. The summed E-state index contributed by atoms with van der Waals surface area (Å²) in [5, 5.41) is 0. The topological polar surface area (TPSA) is 54.8 Å². The van der Waals surface area contributed by atoms with E-state index < -0.39 is 17.8 Å². The van der Waals surface area contributed by atoms with E-state index in [0.29, 0.717) is 0 Å². The molecule has 1 unspecified atom stereocenters. The van der Waals surface area contributed by atoms with E-state index in [4.69, 9.17) is 4.74 Å². The Bertz CT molecular complexity index is 1480. The molecule has 7 heteroatoms. The number of carbonyl (C=O) groups excluding carboxylic acids is 2. The Morgan fingerprint density at radius 1 is 0.919 bits per heavy atom. The molecule has 1 aliphatic carbocycles. The molecule has 3 aromatic carbocycles. The lowest BCUT2D eigenvalue weighted by molar-refractivity contribution is -0.119. The average molecular weight is 496 g/mol. The summed E-state index contributed by atoms with van der Waals surface area (Å²) in [5.41, 5.74) is 3.49. The van der Waals surface area contributed by atoms with Crippen molar-refractivity contribution in [3.05, 3.63) is 114 Å². The van der Waals surface area contributed by atoms with E-state index in [1.807, 2.05) is 66.9 Å². The lowest BCUT2D eigenvalue weighted by atomic mass is 9.97. The number of aromatic nitrogens is 1. The van der Waals surface area contributed by atoms with Gasteiger partial charge >= 0.3 is 0 Å². The molecule has 0 saturated heterocycles. The number of benzene rings is 3. The summed E-state index contributed by atoms with van der Waals surface area (Å²) in [4.78, 5) is 30.9. The first kappa shape index (κ1) is 23.0. The van der Waals surface area contributed by atoms with Gasteiger partial charge in [0.1, 0.15) is 24.2 Å². The zero-order chi connectivity index (χ0) is 25.5. The summed E-state index contributed by atoms with van der Waals surface area (Å²) in [5.74, 6) is -0.535. The molecule has 1 aromatic heterocycles. The highest BCUT2D eigenvalue weighted by atomic mass is 19.1. The standard InChI is InChI=1S/C30H26FN3O3/c1-37-22-16-12-20(13-17-22)29-27-11-6-18-32(27)25-9-4-5-10-26(25)34(29)28(35)19-33(21-14-15-21)30(36)23-7-2-3-8-24(23)31/h2-13,16-18,21,29H,14-15,19H2,1H3. The van der Waals surface area contributed by atoms with Crippen LogP contribution in [0.5, 0.6) is 5.75 Å². The SMILES string of the molecule is COc1ccc(C2c3cccn3-c3ccccc3N2C(=O)CN(C(=O)c2ccccc2F)C2CC2)cc1. The Balaban J connectivity index is 1.41. The minimum Gasteiger partial charge on any atom is -0.497 e. The van der Waals surface area contributed by atoms with E-state index in [-0.39, 0.29) is 24.1 Å². The summed E-state index contributed by atoms with van der Waals surface area (Å²) in [7, 11) is 1.62. The van der Waals surface area contributed by atoms with Gasteiger partial charge in [0.05, 0.1) is 29.7 Å². The smallest absolute Gasteiger partial charge is 0.257 e. The van der Waals surface area contributed by atoms with Gasteiger partial charge in [-0.25, -0.2) is 4.39 Å². The Hall–Kier alpha value is -4.39. The molecule has 0 radical (unpaired) electrons. The third kappa shape index (κ3) is 4.06. The lowest BCUT2D eigenvalue weighted by Gasteiger charge is -2.39. The molecular formula is C30H26FN3O3. The van der Waals surface area contributed by atoms with Gasteiger partial charge in [0.2, 0.25) is 5.91 Å². The van der Waals surface area contributed by atoms with Crippen molar-refractivity contribution in [1.82, 2.24) is 9.47 Å². The molecular weight excluding hydrogens is 469 g/mol. The molecule has 6 nitrogen and oxygen atoms in total. The molecule has 1 fully saturated rings. The van der Waals surface area contributed by atoms with E-state index >= 15 is 0 Å². The molecule has 0 N–H and O–H groups in total. The zero-order valence-electron chi connectivity index (χ0n) is 20.4. The molecule has 2 aliphatic rings. The Labute approximate surface area is 214 Å². The first-order chi connectivity index (χ1) is 18.1. The van der Waals surface area contributed by atoms with Gasteiger partial charge in [-0.3, -0.25) is 14.5 Å². The minimum absolute atomic E-state index is 0.0122. The number of fused-ring (bicyclic) bond motifs is 3. The van der Waals surface area contributed by atoms with Crippen molar-refractivity contribution in [2.45, 2.75) is 24.9 Å². The van der Waals surface area contributed by atoms with Gasteiger partial charge in [-0.2, -0.15) is 0 Å². The molecule has 1 atom stereocenters. The molecule has 2 heterocycles. The van der Waals surface area contributed by atoms with Crippen LogP contribution in [-0.4, -0.2) is 41.0 Å². The number of anilines is 1. The average Bonchev–Trinajstić information content (AvgIpc) is 3.66. The van der Waals surface area contributed by atoms with Crippen LogP contribution in [0.2, 0.25) is 0 Å². The molecule has 0 spiro atoms. The fourth-order valence-corrected chi connectivity index (χ4v) is 5.13. The number of amides is 2. The van der Waals surface area contributed by atoms with Crippen LogP contribution in [0.4, 0.5) is 10.1 Å². The van der Waals surface area contributed by atoms with Gasteiger partial charge in [0.15, 0.2) is 0 Å². The maximum Gasteiger partial charge on any atom is 0.257 e. The first-order valence-electron chi connectivity index (χ1n) is 12.3. The van der Waals surface area contributed by atoms with E-state index in [0.717, 1.165) is 41.2 Å². The van der Waals surface area contributed by atoms with Crippen LogP contribution in [-0.2, 0) is 4.79 Å². The number of para-hydroxylation sites is 2. The predicted molar refractivity (Wildman–Crippen MR) is 139 cm³/mol. The lowest BCUT2D eigenvalue weighted by Crippen LogP contribution is -2.47. The van der Waals surface area contributed by atoms with Crippen LogP contribution in [0.1, 0.15) is 40.5 Å². The maximum absolute atomic E-state index is 14.5. The summed E-state index contributed by atoms with van der Waals surface area (Å²) in [6.45, 7) is -0.139. The van der Waals surface area contributed by atoms with E-state index in [9.17, 15) is 14.0 Å². The van der Waals surface area contributed by atoms with Crippen molar-refractivity contribution in [3.63, 3.8) is 0 Å². The van der Waals surface area contributed by atoms with Crippen molar-refractivity contribution < 1.29 is 18.7 Å². The predicted octanol–water partition coefficient (Wildman–Crippen LogP) is 5.37. The second kappa shape index (κ2) is 9.24. The fourth-order valence-electron chi connectivity index (χ4n) is 5.13. The maximum atomic E-state index is 14.5. The number of hydrogen-bond acceptors (Lipinski definition) is 3. The van der Waals surface area contributed by atoms with Gasteiger partial charge < -0.3 is 14.2 Å². The normalized spacial score (nSPS) is 16.1. The molecule has 6 rings (SSSR count). The van der Waals surface area contributed by atoms with Crippen LogP contribution in [0.15, 0.2) is 91.1 Å². The summed E-state index contributed by atoms with van der Waals surface area (Å²) < 4.78 is 21.9. The second-order valence-electron chi connectivity index (χ2n) is 9.38. The number of nitrogens with zero attached hydrogens (tertiary/aromatic N) is 3. The van der Waals surface area contributed by atoms with Gasteiger partial charge in [0, 0.05) is 12.2 Å².